The van der Waals surface area contributed by atoms with Crippen molar-refractivity contribution in [2.24, 2.45) is 10.9 Å². The highest BCUT2D eigenvalue weighted by molar-refractivity contribution is 5.79. The molecule has 1 rings (SSSR count). The Bertz CT molecular complexity index is 492. The van der Waals surface area contributed by atoms with E-state index in [0.717, 1.165) is 19.0 Å². The van der Waals surface area contributed by atoms with Gasteiger partial charge < -0.3 is 25.6 Å². The Hall–Kier alpha value is -1.50. The quantitative estimate of drug-likeness (QED) is 0.433. The number of alkyl carbamates (subject to hydrolysis) is 1. The number of nitrogens with one attached hydrogen (secondary N) is 3. The van der Waals surface area contributed by atoms with E-state index in [1.807, 2.05) is 34.6 Å². The molecule has 1 saturated heterocycles. The number of likely N-dealkylation sites (tertiary alicyclic amines) is 1. The number of ether oxygens (including phenoxy) is 1. The van der Waals surface area contributed by atoms with Gasteiger partial charge in [-0.25, -0.2) is 4.79 Å². The summed E-state index contributed by atoms with van der Waals surface area (Å²) in [5.41, 5.74) is -0.997. The van der Waals surface area contributed by atoms with Gasteiger partial charge in [0.2, 0.25) is 0 Å². The van der Waals surface area contributed by atoms with Crippen LogP contribution in [0.15, 0.2) is 4.99 Å². The number of aliphatic imine (C=N–C) groups is 1. The predicted molar refractivity (Wildman–Crippen MR) is 117 cm³/mol. The van der Waals surface area contributed by atoms with Gasteiger partial charge in [-0.15, -0.1) is 0 Å². The van der Waals surface area contributed by atoms with E-state index in [1.165, 1.54) is 38.9 Å². The van der Waals surface area contributed by atoms with Crippen LogP contribution in [-0.2, 0) is 4.74 Å². The summed E-state index contributed by atoms with van der Waals surface area (Å²) in [5, 5.41) is 9.68. The lowest BCUT2D eigenvalue weighted by molar-refractivity contribution is 0.0476. The molecular weight excluding hydrogens is 354 g/mol. The van der Waals surface area contributed by atoms with E-state index in [0.29, 0.717) is 12.5 Å². The van der Waals surface area contributed by atoms with Crippen molar-refractivity contribution < 1.29 is 9.53 Å². The first-order valence-corrected chi connectivity index (χ1v) is 10.8. The first-order chi connectivity index (χ1) is 13.0. The summed E-state index contributed by atoms with van der Waals surface area (Å²) >= 11 is 0. The lowest BCUT2D eigenvalue weighted by atomic mass is 9.97. The normalized spacial score (nSPS) is 17.3. The van der Waals surface area contributed by atoms with E-state index in [2.05, 4.69) is 39.7 Å². The van der Waals surface area contributed by atoms with Gasteiger partial charge >= 0.3 is 6.09 Å². The van der Waals surface area contributed by atoms with Crippen molar-refractivity contribution in [3.63, 3.8) is 0 Å². The zero-order valence-electron chi connectivity index (χ0n) is 19.2. The lowest BCUT2D eigenvalue weighted by Gasteiger charge is -2.32. The van der Waals surface area contributed by atoms with Gasteiger partial charge in [-0.05, 0) is 86.4 Å². The fourth-order valence-electron chi connectivity index (χ4n) is 3.21. The number of guanidine groups is 1. The third-order valence-electron chi connectivity index (χ3n) is 4.62. The van der Waals surface area contributed by atoms with Crippen LogP contribution >= 0.6 is 0 Å². The third-order valence-corrected chi connectivity index (χ3v) is 4.62. The van der Waals surface area contributed by atoms with E-state index in [-0.39, 0.29) is 0 Å². The summed E-state index contributed by atoms with van der Waals surface area (Å²) in [6.07, 6.45) is 3.29. The summed E-state index contributed by atoms with van der Waals surface area (Å²) in [6.45, 7) is 19.6. The van der Waals surface area contributed by atoms with Gasteiger partial charge in [-0.2, -0.15) is 0 Å². The molecule has 0 aromatic rings. The second kappa shape index (κ2) is 11.5. The molecule has 1 fully saturated rings. The van der Waals surface area contributed by atoms with E-state index in [9.17, 15) is 4.79 Å². The van der Waals surface area contributed by atoms with Crippen LogP contribution in [0.3, 0.4) is 0 Å². The van der Waals surface area contributed by atoms with Crippen LogP contribution in [0.25, 0.3) is 0 Å². The minimum Gasteiger partial charge on any atom is -0.444 e. The van der Waals surface area contributed by atoms with Crippen molar-refractivity contribution in [2.45, 2.75) is 78.9 Å². The van der Waals surface area contributed by atoms with Crippen molar-refractivity contribution in [3.05, 3.63) is 0 Å². The van der Waals surface area contributed by atoms with E-state index in [1.54, 1.807) is 0 Å². The first kappa shape index (κ1) is 24.5. The van der Waals surface area contributed by atoms with E-state index >= 15 is 0 Å². The molecule has 164 valence electrons. The minimum atomic E-state index is -0.507. The van der Waals surface area contributed by atoms with Crippen LogP contribution in [-0.4, -0.2) is 67.4 Å². The molecule has 1 aliphatic rings. The first-order valence-electron chi connectivity index (χ1n) is 10.8. The number of hydrogen-bond donors (Lipinski definition) is 3. The highest BCUT2D eigenvalue weighted by atomic mass is 16.6. The molecule has 1 heterocycles. The summed E-state index contributed by atoms with van der Waals surface area (Å²) < 4.78 is 5.35. The topological polar surface area (TPSA) is 78.0 Å². The summed E-state index contributed by atoms with van der Waals surface area (Å²) in [5.74, 6) is 1.49. The highest BCUT2D eigenvalue weighted by Crippen LogP contribution is 2.16. The number of hydrogen-bond acceptors (Lipinski definition) is 4. The van der Waals surface area contributed by atoms with E-state index in [4.69, 9.17) is 4.74 Å². The molecule has 0 aromatic heterocycles. The Kier molecular flexibility index (Phi) is 10.1. The fourth-order valence-corrected chi connectivity index (χ4v) is 3.21. The average molecular weight is 398 g/mol. The molecule has 0 saturated carbocycles. The predicted octanol–water partition coefficient (Wildman–Crippen LogP) is 2.97. The SMILES string of the molecule is CCCN1CCC(CNC(=NCC(C)(C)NC(=O)OC(C)(C)C)NCC)CC1. The number of carbonyl (C=O) groups excluding carboxylic acids is 1. The van der Waals surface area contributed by atoms with Crippen LogP contribution in [0.4, 0.5) is 4.79 Å². The average Bonchev–Trinajstić information content (AvgIpc) is 2.56. The molecule has 7 nitrogen and oxygen atoms in total. The lowest BCUT2D eigenvalue weighted by Crippen LogP contribution is -2.49. The number of carbonyl (C=O) groups is 1. The van der Waals surface area contributed by atoms with Crippen LogP contribution in [0.2, 0.25) is 0 Å². The van der Waals surface area contributed by atoms with Gasteiger partial charge in [0.05, 0.1) is 12.1 Å². The molecule has 28 heavy (non-hydrogen) atoms. The second-order valence-corrected chi connectivity index (χ2v) is 9.37. The molecule has 7 heteroatoms. The van der Waals surface area contributed by atoms with Gasteiger partial charge in [-0.3, -0.25) is 4.99 Å². The monoisotopic (exact) mass is 397 g/mol. The van der Waals surface area contributed by atoms with Gasteiger partial charge in [0, 0.05) is 13.1 Å². The molecule has 0 atom stereocenters. The molecule has 0 aromatic carbocycles. The Morgan fingerprint density at radius 2 is 1.75 bits per heavy atom. The molecule has 1 amide bonds. The van der Waals surface area contributed by atoms with Crippen molar-refractivity contribution >= 4 is 12.1 Å². The van der Waals surface area contributed by atoms with Crippen LogP contribution in [0.5, 0.6) is 0 Å². The molecule has 0 spiro atoms. The maximum Gasteiger partial charge on any atom is 0.408 e. The Morgan fingerprint density at radius 3 is 2.29 bits per heavy atom. The van der Waals surface area contributed by atoms with Gasteiger partial charge in [0.25, 0.3) is 0 Å². The van der Waals surface area contributed by atoms with Crippen molar-refractivity contribution in [1.82, 2.24) is 20.9 Å². The minimum absolute atomic E-state index is 0.413. The number of nitrogens with zero attached hydrogens (tertiary/aromatic N) is 2. The number of rotatable bonds is 8. The zero-order chi connectivity index (χ0) is 21.2. The van der Waals surface area contributed by atoms with Gasteiger partial charge in [0.1, 0.15) is 5.60 Å². The Morgan fingerprint density at radius 1 is 1.11 bits per heavy atom. The molecule has 0 radical (unpaired) electrons. The van der Waals surface area contributed by atoms with E-state index < -0.39 is 17.2 Å². The number of amides is 1. The molecule has 1 aliphatic heterocycles. The molecule has 0 unspecified atom stereocenters. The molecule has 3 N–H and O–H groups in total. The zero-order valence-corrected chi connectivity index (χ0v) is 19.2. The maximum atomic E-state index is 12.0. The van der Waals surface area contributed by atoms with Crippen LogP contribution in [0, 0.1) is 5.92 Å². The van der Waals surface area contributed by atoms with Crippen molar-refractivity contribution in [3.8, 4) is 0 Å². The Balaban J connectivity index is 2.48. The second-order valence-electron chi connectivity index (χ2n) is 9.37. The highest BCUT2D eigenvalue weighted by Gasteiger charge is 2.25. The fraction of sp³-hybridized carbons (Fsp3) is 0.905. The van der Waals surface area contributed by atoms with Crippen molar-refractivity contribution in [2.75, 3.05) is 39.3 Å². The Labute approximate surface area is 172 Å². The van der Waals surface area contributed by atoms with Crippen LogP contribution in [0.1, 0.15) is 67.7 Å². The third kappa shape index (κ3) is 10.7. The largest absolute Gasteiger partial charge is 0.444 e. The molecule has 0 aliphatic carbocycles. The smallest absolute Gasteiger partial charge is 0.408 e. The van der Waals surface area contributed by atoms with Crippen molar-refractivity contribution in [1.29, 1.82) is 0 Å². The standard InChI is InChI=1S/C21H43N5O2/c1-8-12-26-13-10-17(11-14-26)15-23-18(22-9-2)24-16-21(6,7)25-19(27)28-20(3,4)5/h17H,8-16H2,1-7H3,(H,25,27)(H2,22,23,24). The maximum absolute atomic E-state index is 12.0. The summed E-state index contributed by atoms with van der Waals surface area (Å²) in [7, 11) is 0. The van der Waals surface area contributed by atoms with Crippen LogP contribution < -0.4 is 16.0 Å². The summed E-state index contributed by atoms with van der Waals surface area (Å²) in [4.78, 5) is 19.3. The number of piperidine rings is 1. The van der Waals surface area contributed by atoms with Gasteiger partial charge in [-0.1, -0.05) is 6.92 Å². The summed E-state index contributed by atoms with van der Waals surface area (Å²) in [6, 6.07) is 0. The molecule has 0 bridgehead atoms. The van der Waals surface area contributed by atoms with Gasteiger partial charge in [0.15, 0.2) is 5.96 Å². The molecular formula is C21H43N5O2.